The smallest absolute Gasteiger partial charge is 0.306 e. The second-order valence-electron chi connectivity index (χ2n) is 5.82. The number of hydrogen-bond donors (Lipinski definition) is 2. The molecular weight excluding hydrogens is 262 g/mol. The summed E-state index contributed by atoms with van der Waals surface area (Å²) in [5, 5.41) is 12.2. The third-order valence-corrected chi connectivity index (χ3v) is 3.84. The van der Waals surface area contributed by atoms with Gasteiger partial charge in [0.1, 0.15) is 0 Å². The Morgan fingerprint density at radius 3 is 2.48 bits per heavy atom. The van der Waals surface area contributed by atoms with Gasteiger partial charge in [-0.3, -0.25) is 4.79 Å². The van der Waals surface area contributed by atoms with Gasteiger partial charge in [-0.05, 0) is 43.4 Å². The zero-order valence-electron chi connectivity index (χ0n) is 13.4. The topological polar surface area (TPSA) is 49.3 Å². The molecule has 0 amide bonds. The maximum atomic E-state index is 10.7. The van der Waals surface area contributed by atoms with E-state index in [-0.39, 0.29) is 5.92 Å². The fourth-order valence-corrected chi connectivity index (χ4v) is 2.28. The fourth-order valence-electron chi connectivity index (χ4n) is 2.28. The first-order chi connectivity index (χ1) is 10.1. The predicted molar refractivity (Wildman–Crippen MR) is 88.8 cm³/mol. The van der Waals surface area contributed by atoms with Crippen LogP contribution in [0.3, 0.4) is 0 Å². The van der Waals surface area contributed by atoms with E-state index in [1.165, 1.54) is 30.5 Å². The maximum Gasteiger partial charge on any atom is 0.306 e. The van der Waals surface area contributed by atoms with E-state index in [0.717, 1.165) is 32.2 Å². The summed E-state index contributed by atoms with van der Waals surface area (Å²) in [5.74, 6) is -0.898. The predicted octanol–water partition coefficient (Wildman–Crippen LogP) is 4.72. The number of carboxylic acids is 1. The second kappa shape index (κ2) is 10.3. The number of nitrogens with one attached hydrogen (secondary N) is 1. The van der Waals surface area contributed by atoms with Gasteiger partial charge in [-0.25, -0.2) is 0 Å². The Morgan fingerprint density at radius 1 is 1.14 bits per heavy atom. The van der Waals surface area contributed by atoms with Crippen LogP contribution in [0.25, 0.3) is 0 Å². The summed E-state index contributed by atoms with van der Waals surface area (Å²) < 4.78 is 0. The highest BCUT2D eigenvalue weighted by Gasteiger charge is 2.09. The Morgan fingerprint density at radius 2 is 1.86 bits per heavy atom. The van der Waals surface area contributed by atoms with Crippen molar-refractivity contribution in [2.24, 2.45) is 5.92 Å². The van der Waals surface area contributed by atoms with E-state index in [9.17, 15) is 4.79 Å². The van der Waals surface area contributed by atoms with Crippen molar-refractivity contribution < 1.29 is 9.90 Å². The van der Waals surface area contributed by atoms with E-state index >= 15 is 0 Å². The fraction of sp³-hybridized carbons (Fsp3) is 0.611. The first-order valence-electron chi connectivity index (χ1n) is 8.19. The molecule has 0 radical (unpaired) electrons. The Balaban J connectivity index is 2.11. The minimum atomic E-state index is -0.684. The van der Waals surface area contributed by atoms with Gasteiger partial charge in [-0.15, -0.1) is 0 Å². The Labute approximate surface area is 128 Å². The van der Waals surface area contributed by atoms with Crippen LogP contribution >= 0.6 is 0 Å². The highest BCUT2D eigenvalue weighted by molar-refractivity contribution is 5.69. The van der Waals surface area contributed by atoms with E-state index in [1.807, 2.05) is 0 Å². The number of hydrogen-bond acceptors (Lipinski definition) is 2. The average molecular weight is 291 g/mol. The van der Waals surface area contributed by atoms with Gasteiger partial charge in [0.15, 0.2) is 0 Å². The van der Waals surface area contributed by atoms with Crippen molar-refractivity contribution in [3.8, 4) is 0 Å². The van der Waals surface area contributed by atoms with E-state index in [1.54, 1.807) is 6.92 Å². The normalized spacial score (nSPS) is 12.1. The van der Waals surface area contributed by atoms with Crippen LogP contribution in [0.2, 0.25) is 0 Å². The molecule has 3 heteroatoms. The first-order valence-corrected chi connectivity index (χ1v) is 8.19. The lowest BCUT2D eigenvalue weighted by Gasteiger charge is -2.08. The molecule has 0 spiro atoms. The maximum absolute atomic E-state index is 10.7. The van der Waals surface area contributed by atoms with Crippen LogP contribution in [0.4, 0.5) is 5.69 Å². The summed E-state index contributed by atoms with van der Waals surface area (Å²) in [4.78, 5) is 10.7. The number of aryl methyl sites for hydroxylation is 1. The number of benzene rings is 1. The lowest BCUT2D eigenvalue weighted by atomic mass is 10.0. The summed E-state index contributed by atoms with van der Waals surface area (Å²) >= 11 is 0. The van der Waals surface area contributed by atoms with Crippen molar-refractivity contribution in [1.29, 1.82) is 0 Å². The van der Waals surface area contributed by atoms with Gasteiger partial charge in [0.25, 0.3) is 0 Å². The summed E-state index contributed by atoms with van der Waals surface area (Å²) in [6.45, 7) is 4.95. The quantitative estimate of drug-likeness (QED) is 0.580. The third kappa shape index (κ3) is 7.74. The van der Waals surface area contributed by atoms with E-state index in [4.69, 9.17) is 5.11 Å². The van der Waals surface area contributed by atoms with Crippen molar-refractivity contribution in [2.45, 2.75) is 58.8 Å². The van der Waals surface area contributed by atoms with Gasteiger partial charge >= 0.3 is 5.97 Å². The summed E-state index contributed by atoms with van der Waals surface area (Å²) in [5.41, 5.74) is 2.58. The zero-order valence-corrected chi connectivity index (χ0v) is 13.4. The van der Waals surface area contributed by atoms with E-state index < -0.39 is 5.97 Å². The van der Waals surface area contributed by atoms with Crippen LogP contribution in [0.15, 0.2) is 24.3 Å². The molecular formula is C18H29NO2. The van der Waals surface area contributed by atoms with Gasteiger partial charge in [0.2, 0.25) is 0 Å². The highest BCUT2D eigenvalue weighted by atomic mass is 16.4. The largest absolute Gasteiger partial charge is 0.481 e. The van der Waals surface area contributed by atoms with Crippen LogP contribution in [-0.4, -0.2) is 17.6 Å². The number of anilines is 1. The van der Waals surface area contributed by atoms with Crippen molar-refractivity contribution in [3.05, 3.63) is 29.8 Å². The minimum absolute atomic E-state index is 0.214. The summed E-state index contributed by atoms with van der Waals surface area (Å²) in [6, 6.07) is 8.70. The molecule has 0 aliphatic rings. The Kier molecular flexibility index (Phi) is 8.56. The molecule has 1 atom stereocenters. The van der Waals surface area contributed by atoms with Crippen molar-refractivity contribution >= 4 is 11.7 Å². The molecule has 3 nitrogen and oxygen atoms in total. The number of rotatable bonds is 11. The monoisotopic (exact) mass is 291 g/mol. The lowest BCUT2D eigenvalue weighted by Crippen LogP contribution is -2.09. The van der Waals surface area contributed by atoms with Crippen molar-refractivity contribution in [2.75, 3.05) is 11.9 Å². The number of carboxylic acid groups (broad SMARTS) is 1. The van der Waals surface area contributed by atoms with Gasteiger partial charge < -0.3 is 10.4 Å². The summed E-state index contributed by atoms with van der Waals surface area (Å²) in [6.07, 6.45) is 7.59. The van der Waals surface area contributed by atoms with Gasteiger partial charge in [0, 0.05) is 12.2 Å². The van der Waals surface area contributed by atoms with Gasteiger partial charge in [0.05, 0.1) is 5.92 Å². The van der Waals surface area contributed by atoms with Crippen molar-refractivity contribution in [3.63, 3.8) is 0 Å². The van der Waals surface area contributed by atoms with Gasteiger partial charge in [-0.1, -0.05) is 45.2 Å². The van der Waals surface area contributed by atoms with Crippen LogP contribution < -0.4 is 5.32 Å². The zero-order chi connectivity index (χ0) is 15.5. The summed E-state index contributed by atoms with van der Waals surface area (Å²) in [7, 11) is 0. The van der Waals surface area contributed by atoms with Crippen molar-refractivity contribution in [1.82, 2.24) is 0 Å². The lowest BCUT2D eigenvalue weighted by molar-refractivity contribution is -0.141. The Bertz CT molecular complexity index is 400. The van der Waals surface area contributed by atoms with Crippen LogP contribution in [0.1, 0.15) is 57.9 Å². The van der Waals surface area contributed by atoms with Crippen LogP contribution in [-0.2, 0) is 11.2 Å². The molecule has 0 aliphatic heterocycles. The molecule has 0 aliphatic carbocycles. The van der Waals surface area contributed by atoms with Gasteiger partial charge in [-0.2, -0.15) is 0 Å². The standard InChI is InChI=1S/C18H29NO2/c1-3-4-9-16-10-12-17(13-11-16)19-14-7-5-6-8-15(2)18(20)21/h10-13,15,19H,3-9,14H2,1-2H3,(H,20,21). The molecule has 1 aromatic rings. The number of aliphatic carboxylic acids is 1. The molecule has 0 saturated carbocycles. The molecule has 2 N–H and O–H groups in total. The van der Waals surface area contributed by atoms with Crippen LogP contribution in [0, 0.1) is 5.92 Å². The molecule has 0 heterocycles. The van der Waals surface area contributed by atoms with Crippen LogP contribution in [0.5, 0.6) is 0 Å². The molecule has 0 bridgehead atoms. The molecule has 1 rings (SSSR count). The third-order valence-electron chi connectivity index (χ3n) is 3.84. The Hall–Kier alpha value is -1.51. The number of unbranched alkanes of at least 4 members (excludes halogenated alkanes) is 3. The molecule has 1 unspecified atom stereocenters. The first kappa shape index (κ1) is 17.5. The van der Waals surface area contributed by atoms with E-state index in [0.29, 0.717) is 0 Å². The average Bonchev–Trinajstić information content (AvgIpc) is 2.49. The molecule has 21 heavy (non-hydrogen) atoms. The second-order valence-corrected chi connectivity index (χ2v) is 5.82. The molecule has 0 saturated heterocycles. The molecule has 1 aromatic carbocycles. The minimum Gasteiger partial charge on any atom is -0.481 e. The molecule has 0 fully saturated rings. The molecule has 118 valence electrons. The number of carbonyl (C=O) groups is 1. The highest BCUT2D eigenvalue weighted by Crippen LogP contribution is 2.13. The van der Waals surface area contributed by atoms with E-state index in [2.05, 4.69) is 36.5 Å². The molecule has 0 aromatic heterocycles. The SMILES string of the molecule is CCCCc1ccc(NCCCCCC(C)C(=O)O)cc1.